The molecule has 1 amide bonds. The number of hydrogen-bond donors (Lipinski definition) is 1. The first-order valence-electron chi connectivity index (χ1n) is 6.22. The van der Waals surface area contributed by atoms with Gasteiger partial charge in [-0.25, -0.2) is 0 Å². The predicted octanol–water partition coefficient (Wildman–Crippen LogP) is 0.524. The van der Waals surface area contributed by atoms with Crippen LogP contribution in [0.3, 0.4) is 0 Å². The molecule has 0 aromatic heterocycles. The van der Waals surface area contributed by atoms with Crippen LogP contribution >= 0.6 is 0 Å². The van der Waals surface area contributed by atoms with Gasteiger partial charge in [0.15, 0.2) is 0 Å². The van der Waals surface area contributed by atoms with Crippen LogP contribution in [0.15, 0.2) is 0 Å². The molecule has 1 unspecified atom stereocenters. The standard InChI is InChI=1S/C12H25N3O/c1-10(2)14(3)12(16)9-15-6-4-5-11(7-13)8-15/h10-11H,4-9,13H2,1-3H3. The first kappa shape index (κ1) is 13.5. The number of likely N-dealkylation sites (tertiary alicyclic amines) is 1. The maximum atomic E-state index is 11.9. The molecule has 4 heteroatoms. The van der Waals surface area contributed by atoms with Gasteiger partial charge in [0.05, 0.1) is 6.54 Å². The maximum absolute atomic E-state index is 11.9. The summed E-state index contributed by atoms with van der Waals surface area (Å²) in [6.07, 6.45) is 2.38. The number of hydrogen-bond acceptors (Lipinski definition) is 3. The third kappa shape index (κ3) is 3.76. The number of nitrogens with two attached hydrogens (primary N) is 1. The Balaban J connectivity index is 2.38. The van der Waals surface area contributed by atoms with E-state index in [-0.39, 0.29) is 11.9 Å². The molecule has 1 atom stereocenters. The summed E-state index contributed by atoms with van der Waals surface area (Å²) in [6, 6.07) is 0.280. The Morgan fingerprint density at radius 3 is 2.81 bits per heavy atom. The third-order valence-corrected chi connectivity index (χ3v) is 3.46. The predicted molar refractivity (Wildman–Crippen MR) is 66.1 cm³/mol. The summed E-state index contributed by atoms with van der Waals surface area (Å²) in [6.45, 7) is 7.38. The van der Waals surface area contributed by atoms with Crippen molar-refractivity contribution < 1.29 is 4.79 Å². The highest BCUT2D eigenvalue weighted by atomic mass is 16.2. The van der Waals surface area contributed by atoms with E-state index >= 15 is 0 Å². The molecular weight excluding hydrogens is 202 g/mol. The Hall–Kier alpha value is -0.610. The fourth-order valence-corrected chi connectivity index (χ4v) is 2.08. The Morgan fingerprint density at radius 1 is 1.56 bits per heavy atom. The molecule has 2 N–H and O–H groups in total. The summed E-state index contributed by atoms with van der Waals surface area (Å²) >= 11 is 0. The second-order valence-electron chi connectivity index (χ2n) is 5.08. The van der Waals surface area contributed by atoms with Crippen molar-refractivity contribution in [3.05, 3.63) is 0 Å². The molecule has 0 saturated carbocycles. The second kappa shape index (κ2) is 6.21. The lowest BCUT2D eigenvalue weighted by molar-refractivity contribution is -0.133. The van der Waals surface area contributed by atoms with Gasteiger partial charge in [0.2, 0.25) is 5.91 Å². The van der Waals surface area contributed by atoms with Gasteiger partial charge in [-0.1, -0.05) is 0 Å². The quantitative estimate of drug-likeness (QED) is 0.762. The van der Waals surface area contributed by atoms with Crippen LogP contribution in [0, 0.1) is 5.92 Å². The number of carbonyl (C=O) groups is 1. The van der Waals surface area contributed by atoms with E-state index in [1.54, 1.807) is 0 Å². The van der Waals surface area contributed by atoms with Gasteiger partial charge in [0, 0.05) is 19.6 Å². The third-order valence-electron chi connectivity index (χ3n) is 3.46. The van der Waals surface area contributed by atoms with Crippen molar-refractivity contribution in [2.75, 3.05) is 33.2 Å². The van der Waals surface area contributed by atoms with Crippen molar-refractivity contribution in [2.24, 2.45) is 11.7 Å². The van der Waals surface area contributed by atoms with Crippen LogP contribution in [0.1, 0.15) is 26.7 Å². The minimum Gasteiger partial charge on any atom is -0.342 e. The fraction of sp³-hybridized carbons (Fsp3) is 0.917. The number of amides is 1. The highest BCUT2D eigenvalue weighted by molar-refractivity contribution is 5.78. The molecule has 1 rings (SSSR count). The number of carbonyl (C=O) groups excluding carboxylic acids is 1. The zero-order valence-corrected chi connectivity index (χ0v) is 10.8. The number of rotatable bonds is 4. The van der Waals surface area contributed by atoms with Gasteiger partial charge in [0.25, 0.3) is 0 Å². The summed E-state index contributed by atoms with van der Waals surface area (Å²) < 4.78 is 0. The molecule has 1 saturated heterocycles. The Bertz CT molecular complexity index is 230. The Labute approximate surface area is 98.8 Å². The normalized spacial score (nSPS) is 22.4. The Kier molecular flexibility index (Phi) is 5.22. The van der Waals surface area contributed by atoms with E-state index in [1.807, 2.05) is 25.8 Å². The van der Waals surface area contributed by atoms with E-state index < -0.39 is 0 Å². The summed E-state index contributed by atoms with van der Waals surface area (Å²) in [5.41, 5.74) is 5.68. The number of piperidine rings is 1. The van der Waals surface area contributed by atoms with Gasteiger partial charge < -0.3 is 10.6 Å². The van der Waals surface area contributed by atoms with Crippen molar-refractivity contribution in [2.45, 2.75) is 32.7 Å². The van der Waals surface area contributed by atoms with Gasteiger partial charge in [-0.05, 0) is 45.7 Å². The summed E-state index contributed by atoms with van der Waals surface area (Å²) in [7, 11) is 1.87. The molecule has 0 radical (unpaired) electrons. The van der Waals surface area contributed by atoms with Crippen LogP contribution in [0.25, 0.3) is 0 Å². The molecule has 0 spiro atoms. The molecule has 1 heterocycles. The number of likely N-dealkylation sites (N-methyl/N-ethyl adjacent to an activating group) is 1. The fourth-order valence-electron chi connectivity index (χ4n) is 2.08. The van der Waals surface area contributed by atoms with E-state index in [2.05, 4.69) is 4.90 Å². The van der Waals surface area contributed by atoms with Crippen LogP contribution in [-0.2, 0) is 4.79 Å². The summed E-state index contributed by atoms with van der Waals surface area (Å²) in [5, 5.41) is 0. The average Bonchev–Trinajstić information content (AvgIpc) is 2.28. The van der Waals surface area contributed by atoms with Crippen LogP contribution in [0.4, 0.5) is 0 Å². The summed E-state index contributed by atoms with van der Waals surface area (Å²) in [4.78, 5) is 16.0. The Morgan fingerprint density at radius 2 is 2.25 bits per heavy atom. The highest BCUT2D eigenvalue weighted by Gasteiger charge is 2.22. The molecule has 0 aromatic rings. The molecule has 0 aliphatic carbocycles. The molecule has 0 bridgehead atoms. The van der Waals surface area contributed by atoms with Gasteiger partial charge in [-0.3, -0.25) is 9.69 Å². The van der Waals surface area contributed by atoms with E-state index in [1.165, 1.54) is 12.8 Å². The van der Waals surface area contributed by atoms with E-state index in [0.717, 1.165) is 19.6 Å². The van der Waals surface area contributed by atoms with Crippen LogP contribution in [-0.4, -0.2) is 55.0 Å². The lowest BCUT2D eigenvalue weighted by Gasteiger charge is -2.33. The van der Waals surface area contributed by atoms with Gasteiger partial charge in [-0.15, -0.1) is 0 Å². The zero-order chi connectivity index (χ0) is 12.1. The van der Waals surface area contributed by atoms with Gasteiger partial charge in [0.1, 0.15) is 0 Å². The largest absolute Gasteiger partial charge is 0.342 e. The second-order valence-corrected chi connectivity index (χ2v) is 5.08. The van der Waals surface area contributed by atoms with Gasteiger partial charge >= 0.3 is 0 Å². The van der Waals surface area contributed by atoms with Crippen LogP contribution in [0.2, 0.25) is 0 Å². The number of nitrogens with zero attached hydrogens (tertiary/aromatic N) is 2. The van der Waals surface area contributed by atoms with E-state index in [0.29, 0.717) is 12.5 Å². The monoisotopic (exact) mass is 227 g/mol. The highest BCUT2D eigenvalue weighted by Crippen LogP contribution is 2.15. The molecular formula is C12H25N3O. The van der Waals surface area contributed by atoms with Crippen molar-refractivity contribution in [3.8, 4) is 0 Å². The minimum absolute atomic E-state index is 0.215. The van der Waals surface area contributed by atoms with Crippen molar-refractivity contribution >= 4 is 5.91 Å². The SMILES string of the molecule is CC(C)N(C)C(=O)CN1CCCC(CN)C1. The maximum Gasteiger partial charge on any atom is 0.236 e. The van der Waals surface area contributed by atoms with Crippen molar-refractivity contribution in [3.63, 3.8) is 0 Å². The topological polar surface area (TPSA) is 49.6 Å². The van der Waals surface area contributed by atoms with Crippen LogP contribution < -0.4 is 5.73 Å². The molecule has 0 aromatic carbocycles. The van der Waals surface area contributed by atoms with Crippen molar-refractivity contribution in [1.82, 2.24) is 9.80 Å². The smallest absolute Gasteiger partial charge is 0.236 e. The molecule has 4 nitrogen and oxygen atoms in total. The molecule has 1 aliphatic rings. The minimum atomic E-state index is 0.215. The summed E-state index contributed by atoms with van der Waals surface area (Å²) in [5.74, 6) is 0.790. The van der Waals surface area contributed by atoms with Crippen molar-refractivity contribution in [1.29, 1.82) is 0 Å². The molecule has 1 aliphatic heterocycles. The molecule has 1 fully saturated rings. The first-order chi connectivity index (χ1) is 7.54. The lowest BCUT2D eigenvalue weighted by atomic mass is 9.98. The van der Waals surface area contributed by atoms with E-state index in [4.69, 9.17) is 5.73 Å². The van der Waals surface area contributed by atoms with Crippen LogP contribution in [0.5, 0.6) is 0 Å². The zero-order valence-electron chi connectivity index (χ0n) is 10.8. The average molecular weight is 227 g/mol. The molecule has 94 valence electrons. The van der Waals surface area contributed by atoms with Gasteiger partial charge in [-0.2, -0.15) is 0 Å². The first-order valence-corrected chi connectivity index (χ1v) is 6.22. The molecule has 16 heavy (non-hydrogen) atoms. The lowest BCUT2D eigenvalue weighted by Crippen LogP contribution is -2.45. The van der Waals surface area contributed by atoms with E-state index in [9.17, 15) is 4.79 Å².